The highest BCUT2D eigenvalue weighted by Crippen LogP contribution is 2.08. The van der Waals surface area contributed by atoms with E-state index in [1.165, 1.54) is 12.4 Å². The van der Waals surface area contributed by atoms with Crippen molar-refractivity contribution in [3.63, 3.8) is 0 Å². The van der Waals surface area contributed by atoms with E-state index in [9.17, 15) is 0 Å². The van der Waals surface area contributed by atoms with Crippen LogP contribution in [0.2, 0.25) is 0 Å². The van der Waals surface area contributed by atoms with Crippen molar-refractivity contribution in [2.24, 2.45) is 0 Å². The Kier molecular flexibility index (Phi) is 2.73. The Morgan fingerprint density at radius 1 is 1.44 bits per heavy atom. The van der Waals surface area contributed by atoms with Gasteiger partial charge >= 0.3 is 0 Å². The molecule has 0 unspecified atom stereocenters. The fraction of sp³-hybridized carbons (Fsp3) is 0.222. The third-order valence-corrected chi connectivity index (χ3v) is 1.78. The van der Waals surface area contributed by atoms with E-state index in [-0.39, 0.29) is 5.69 Å². The number of nitrogens with zero attached hydrogens (tertiary/aromatic N) is 5. The SMILES string of the molecule is Cc1noc(CNc2nccnc2C#N)n1. The Morgan fingerprint density at radius 3 is 2.94 bits per heavy atom. The molecule has 0 atom stereocenters. The molecule has 0 saturated heterocycles. The lowest BCUT2D eigenvalue weighted by Gasteiger charge is -2.02. The summed E-state index contributed by atoms with van der Waals surface area (Å²) in [5, 5.41) is 15.3. The molecule has 7 nitrogen and oxygen atoms in total. The molecule has 0 aliphatic heterocycles. The average molecular weight is 216 g/mol. The molecule has 0 radical (unpaired) electrons. The van der Waals surface area contributed by atoms with E-state index in [1.807, 2.05) is 6.07 Å². The van der Waals surface area contributed by atoms with Gasteiger partial charge in [0.1, 0.15) is 6.07 Å². The maximum absolute atomic E-state index is 8.78. The maximum Gasteiger partial charge on any atom is 0.245 e. The largest absolute Gasteiger partial charge is 0.359 e. The van der Waals surface area contributed by atoms with E-state index in [0.29, 0.717) is 24.1 Å². The molecule has 2 aromatic heterocycles. The molecule has 0 amide bonds. The van der Waals surface area contributed by atoms with Crippen LogP contribution in [0.1, 0.15) is 17.4 Å². The summed E-state index contributed by atoms with van der Waals surface area (Å²) in [6, 6.07) is 1.93. The van der Waals surface area contributed by atoms with Crippen molar-refractivity contribution in [1.82, 2.24) is 20.1 Å². The Bertz CT molecular complexity index is 529. The summed E-state index contributed by atoms with van der Waals surface area (Å²) in [6.45, 7) is 2.05. The molecular formula is C9H8N6O. The highest BCUT2D eigenvalue weighted by atomic mass is 16.5. The molecule has 1 N–H and O–H groups in total. The minimum atomic E-state index is 0.235. The Balaban J connectivity index is 2.08. The Labute approximate surface area is 91.2 Å². The normalized spacial score (nSPS) is 9.75. The van der Waals surface area contributed by atoms with E-state index in [2.05, 4.69) is 25.4 Å². The van der Waals surface area contributed by atoms with Gasteiger partial charge < -0.3 is 9.84 Å². The number of nitriles is 1. The number of rotatable bonds is 3. The molecule has 2 heterocycles. The van der Waals surface area contributed by atoms with Crippen molar-refractivity contribution in [1.29, 1.82) is 5.26 Å². The van der Waals surface area contributed by atoms with Crippen LogP contribution in [0.4, 0.5) is 5.82 Å². The molecule has 2 rings (SSSR count). The van der Waals surface area contributed by atoms with Crippen molar-refractivity contribution in [3.8, 4) is 6.07 Å². The molecule has 0 aromatic carbocycles. The van der Waals surface area contributed by atoms with Gasteiger partial charge in [-0.15, -0.1) is 0 Å². The second-order valence-electron chi connectivity index (χ2n) is 2.95. The fourth-order valence-corrected chi connectivity index (χ4v) is 1.12. The summed E-state index contributed by atoms with van der Waals surface area (Å²) in [6.07, 6.45) is 2.96. The van der Waals surface area contributed by atoms with Crippen molar-refractivity contribution in [3.05, 3.63) is 29.8 Å². The van der Waals surface area contributed by atoms with Gasteiger partial charge in [0.2, 0.25) is 5.89 Å². The van der Waals surface area contributed by atoms with Gasteiger partial charge in [0.25, 0.3) is 0 Å². The standard InChI is InChI=1S/C9H8N6O/c1-6-14-8(16-15-6)5-13-9-7(4-10)11-2-3-12-9/h2-3H,5H2,1H3,(H,12,13). The van der Waals surface area contributed by atoms with Crippen LogP contribution in [0.15, 0.2) is 16.9 Å². The lowest BCUT2D eigenvalue weighted by atomic mass is 10.4. The zero-order valence-electron chi connectivity index (χ0n) is 8.51. The van der Waals surface area contributed by atoms with E-state index in [4.69, 9.17) is 9.78 Å². The summed E-state index contributed by atoms with van der Waals surface area (Å²) in [7, 11) is 0. The second-order valence-corrected chi connectivity index (χ2v) is 2.95. The van der Waals surface area contributed by atoms with Gasteiger partial charge in [-0.3, -0.25) is 0 Å². The van der Waals surface area contributed by atoms with Gasteiger partial charge in [0, 0.05) is 12.4 Å². The topological polar surface area (TPSA) is 101 Å². The third-order valence-electron chi connectivity index (χ3n) is 1.78. The minimum absolute atomic E-state index is 0.235. The molecule has 0 fully saturated rings. The van der Waals surface area contributed by atoms with Crippen molar-refractivity contribution in [2.75, 3.05) is 5.32 Å². The zero-order chi connectivity index (χ0) is 11.4. The van der Waals surface area contributed by atoms with Crippen molar-refractivity contribution < 1.29 is 4.52 Å². The first kappa shape index (κ1) is 10.0. The van der Waals surface area contributed by atoms with Gasteiger partial charge in [-0.1, -0.05) is 5.16 Å². The van der Waals surface area contributed by atoms with E-state index in [0.717, 1.165) is 0 Å². The number of aromatic nitrogens is 4. The van der Waals surface area contributed by atoms with Gasteiger partial charge in [0.15, 0.2) is 17.3 Å². The Morgan fingerprint density at radius 2 is 2.25 bits per heavy atom. The van der Waals surface area contributed by atoms with Crippen LogP contribution in [0.5, 0.6) is 0 Å². The summed E-state index contributed by atoms with van der Waals surface area (Å²) >= 11 is 0. The van der Waals surface area contributed by atoms with Gasteiger partial charge in [-0.25, -0.2) is 9.97 Å². The monoisotopic (exact) mass is 216 g/mol. The lowest BCUT2D eigenvalue weighted by molar-refractivity contribution is 0.379. The zero-order valence-corrected chi connectivity index (χ0v) is 8.51. The molecule has 2 aromatic rings. The molecule has 80 valence electrons. The predicted molar refractivity (Wildman–Crippen MR) is 53.1 cm³/mol. The summed E-state index contributed by atoms with van der Waals surface area (Å²) < 4.78 is 4.90. The number of nitrogens with one attached hydrogen (secondary N) is 1. The van der Waals surface area contributed by atoms with Crippen LogP contribution in [0, 0.1) is 18.3 Å². The highest BCUT2D eigenvalue weighted by Gasteiger charge is 2.06. The third kappa shape index (κ3) is 2.12. The summed E-state index contributed by atoms with van der Waals surface area (Å²) in [5.41, 5.74) is 0.235. The molecule has 0 spiro atoms. The van der Waals surface area contributed by atoms with Crippen molar-refractivity contribution in [2.45, 2.75) is 13.5 Å². The maximum atomic E-state index is 8.78. The molecule has 0 bridgehead atoms. The lowest BCUT2D eigenvalue weighted by Crippen LogP contribution is -2.04. The highest BCUT2D eigenvalue weighted by molar-refractivity contribution is 5.46. The van der Waals surface area contributed by atoms with Gasteiger partial charge in [-0.05, 0) is 6.92 Å². The Hall–Kier alpha value is -2.49. The second kappa shape index (κ2) is 4.35. The van der Waals surface area contributed by atoms with Crippen molar-refractivity contribution >= 4 is 5.82 Å². The quantitative estimate of drug-likeness (QED) is 0.803. The molecular weight excluding hydrogens is 208 g/mol. The number of aryl methyl sites for hydroxylation is 1. The molecule has 0 saturated carbocycles. The summed E-state index contributed by atoms with van der Waals surface area (Å²) in [5.74, 6) is 1.41. The molecule has 0 aliphatic carbocycles. The first-order valence-corrected chi connectivity index (χ1v) is 4.54. The average Bonchev–Trinajstić information content (AvgIpc) is 2.73. The van der Waals surface area contributed by atoms with Crippen LogP contribution in [0.25, 0.3) is 0 Å². The predicted octanol–water partition coefficient (Wildman–Crippen LogP) is 0.652. The van der Waals surface area contributed by atoms with E-state index >= 15 is 0 Å². The summed E-state index contributed by atoms with van der Waals surface area (Å²) in [4.78, 5) is 11.9. The van der Waals surface area contributed by atoms with Crippen LogP contribution >= 0.6 is 0 Å². The molecule has 16 heavy (non-hydrogen) atoms. The first-order chi connectivity index (χ1) is 7.79. The molecule has 0 aliphatic rings. The number of hydrogen-bond acceptors (Lipinski definition) is 7. The van der Waals surface area contributed by atoms with Gasteiger partial charge in [0.05, 0.1) is 6.54 Å². The smallest absolute Gasteiger partial charge is 0.245 e. The van der Waals surface area contributed by atoms with Crippen LogP contribution in [-0.4, -0.2) is 20.1 Å². The van der Waals surface area contributed by atoms with Crippen LogP contribution in [-0.2, 0) is 6.54 Å². The van der Waals surface area contributed by atoms with Crippen LogP contribution in [0.3, 0.4) is 0 Å². The van der Waals surface area contributed by atoms with E-state index < -0.39 is 0 Å². The fourth-order valence-electron chi connectivity index (χ4n) is 1.12. The van der Waals surface area contributed by atoms with Gasteiger partial charge in [-0.2, -0.15) is 10.2 Å². The number of hydrogen-bond donors (Lipinski definition) is 1. The van der Waals surface area contributed by atoms with E-state index in [1.54, 1.807) is 6.92 Å². The number of anilines is 1. The van der Waals surface area contributed by atoms with Crippen LogP contribution < -0.4 is 5.32 Å². The first-order valence-electron chi connectivity index (χ1n) is 4.54. The molecule has 7 heteroatoms. The minimum Gasteiger partial charge on any atom is -0.359 e.